The summed E-state index contributed by atoms with van der Waals surface area (Å²) in [5, 5.41) is 1.20. The van der Waals surface area contributed by atoms with Crippen LogP contribution in [0.4, 0.5) is 0 Å². The van der Waals surface area contributed by atoms with Crippen LogP contribution in [0.5, 0.6) is 0 Å². The minimum atomic E-state index is 0.0213. The molecule has 0 aliphatic rings. The van der Waals surface area contributed by atoms with E-state index in [0.717, 1.165) is 11.3 Å². The van der Waals surface area contributed by atoms with Gasteiger partial charge in [0.2, 0.25) is 0 Å². The summed E-state index contributed by atoms with van der Waals surface area (Å²) >= 11 is 12.0. The molecule has 0 aromatic carbocycles. The van der Waals surface area contributed by atoms with E-state index in [1.807, 2.05) is 16.8 Å². The normalized spacial score (nSPS) is 12.3. The summed E-state index contributed by atoms with van der Waals surface area (Å²) < 4.78 is 1.95. The van der Waals surface area contributed by atoms with Crippen molar-refractivity contribution in [1.82, 2.24) is 9.38 Å². The molecular weight excluding hydrogens is 231 g/mol. The Bertz CT molecular complexity index is 509. The Kier molecular flexibility index (Phi) is 2.44. The fraction of sp³-hybridized carbons (Fsp3) is 0.364. The lowest BCUT2D eigenvalue weighted by Gasteiger charge is -2.17. The Hall–Kier alpha value is -0.730. The molecule has 0 aliphatic carbocycles. The van der Waals surface area contributed by atoms with Crippen molar-refractivity contribution in [3.63, 3.8) is 0 Å². The molecule has 80 valence electrons. The maximum atomic E-state index is 6.06. The van der Waals surface area contributed by atoms with E-state index in [1.54, 1.807) is 6.07 Å². The number of hydrogen-bond donors (Lipinski definition) is 0. The van der Waals surface area contributed by atoms with Gasteiger partial charge >= 0.3 is 0 Å². The molecule has 4 heteroatoms. The molecule has 0 radical (unpaired) electrons. The van der Waals surface area contributed by atoms with Crippen LogP contribution >= 0.6 is 23.2 Å². The van der Waals surface area contributed by atoms with Crippen molar-refractivity contribution in [3.8, 4) is 0 Å². The van der Waals surface area contributed by atoms with Gasteiger partial charge in [-0.3, -0.25) is 0 Å². The monoisotopic (exact) mass is 242 g/mol. The van der Waals surface area contributed by atoms with Crippen LogP contribution in [0.25, 0.3) is 5.65 Å². The third-order valence-electron chi connectivity index (χ3n) is 2.30. The number of hydrogen-bond acceptors (Lipinski definition) is 1. The van der Waals surface area contributed by atoms with Crippen LogP contribution < -0.4 is 0 Å². The SMILES string of the molecule is CC(C)(C)c1cnc2c(Cl)cc(Cl)cn12. The van der Waals surface area contributed by atoms with Gasteiger partial charge in [-0.1, -0.05) is 44.0 Å². The largest absolute Gasteiger partial charge is 0.301 e. The molecule has 0 fully saturated rings. The number of rotatable bonds is 0. The van der Waals surface area contributed by atoms with E-state index in [-0.39, 0.29) is 5.41 Å². The van der Waals surface area contributed by atoms with Crippen LogP contribution in [0.3, 0.4) is 0 Å². The number of imidazole rings is 1. The van der Waals surface area contributed by atoms with Gasteiger partial charge in [-0.05, 0) is 6.07 Å². The van der Waals surface area contributed by atoms with Crippen molar-refractivity contribution in [2.24, 2.45) is 0 Å². The van der Waals surface area contributed by atoms with Crippen LogP contribution in [0.2, 0.25) is 10.0 Å². The van der Waals surface area contributed by atoms with E-state index in [1.165, 1.54) is 0 Å². The predicted octanol–water partition coefficient (Wildman–Crippen LogP) is 3.94. The Morgan fingerprint density at radius 2 is 1.93 bits per heavy atom. The average molecular weight is 243 g/mol. The first-order chi connectivity index (χ1) is 6.89. The van der Waals surface area contributed by atoms with Crippen molar-refractivity contribution >= 4 is 28.8 Å². The second-order valence-corrected chi connectivity index (χ2v) is 5.44. The first kappa shape index (κ1) is 10.8. The zero-order chi connectivity index (χ0) is 11.2. The fourth-order valence-electron chi connectivity index (χ4n) is 1.57. The van der Waals surface area contributed by atoms with Gasteiger partial charge in [0.1, 0.15) is 0 Å². The maximum absolute atomic E-state index is 6.06. The molecule has 0 N–H and O–H groups in total. The highest BCUT2D eigenvalue weighted by molar-refractivity contribution is 6.36. The highest BCUT2D eigenvalue weighted by atomic mass is 35.5. The molecule has 0 spiro atoms. The summed E-state index contributed by atoms with van der Waals surface area (Å²) in [4.78, 5) is 4.30. The van der Waals surface area contributed by atoms with Gasteiger partial charge in [0, 0.05) is 23.5 Å². The van der Waals surface area contributed by atoms with Gasteiger partial charge in [0.15, 0.2) is 5.65 Å². The van der Waals surface area contributed by atoms with Crippen molar-refractivity contribution < 1.29 is 0 Å². The predicted molar refractivity (Wildman–Crippen MR) is 63.9 cm³/mol. The summed E-state index contributed by atoms with van der Waals surface area (Å²) in [6.07, 6.45) is 3.69. The molecule has 2 nitrogen and oxygen atoms in total. The van der Waals surface area contributed by atoms with Crippen molar-refractivity contribution in [1.29, 1.82) is 0 Å². The lowest BCUT2D eigenvalue weighted by atomic mass is 9.93. The van der Waals surface area contributed by atoms with Gasteiger partial charge in [-0.25, -0.2) is 4.98 Å². The van der Waals surface area contributed by atoms with E-state index in [0.29, 0.717) is 10.0 Å². The molecule has 0 saturated carbocycles. The molecule has 2 heterocycles. The summed E-state index contributed by atoms with van der Waals surface area (Å²) in [5.41, 5.74) is 1.88. The lowest BCUT2D eigenvalue weighted by Crippen LogP contribution is -2.14. The van der Waals surface area contributed by atoms with Crippen LogP contribution in [0.1, 0.15) is 26.5 Å². The van der Waals surface area contributed by atoms with E-state index in [9.17, 15) is 0 Å². The van der Waals surface area contributed by atoms with Gasteiger partial charge in [-0.2, -0.15) is 0 Å². The number of pyridine rings is 1. The smallest absolute Gasteiger partial charge is 0.155 e. The number of aromatic nitrogens is 2. The van der Waals surface area contributed by atoms with Crippen LogP contribution in [-0.2, 0) is 5.41 Å². The molecule has 2 aromatic rings. The molecule has 0 atom stereocenters. The van der Waals surface area contributed by atoms with E-state index in [4.69, 9.17) is 23.2 Å². The maximum Gasteiger partial charge on any atom is 0.155 e. The topological polar surface area (TPSA) is 17.3 Å². The third kappa shape index (κ3) is 1.84. The molecule has 0 amide bonds. The van der Waals surface area contributed by atoms with Crippen LogP contribution in [-0.4, -0.2) is 9.38 Å². The van der Waals surface area contributed by atoms with E-state index in [2.05, 4.69) is 25.8 Å². The molecule has 0 saturated heterocycles. The minimum Gasteiger partial charge on any atom is -0.301 e. The third-order valence-corrected chi connectivity index (χ3v) is 2.78. The first-order valence-corrected chi connectivity index (χ1v) is 5.48. The Morgan fingerprint density at radius 3 is 2.53 bits per heavy atom. The number of fused-ring (bicyclic) bond motifs is 1. The van der Waals surface area contributed by atoms with Gasteiger partial charge in [0.05, 0.1) is 10.0 Å². The van der Waals surface area contributed by atoms with Crippen molar-refractivity contribution in [2.45, 2.75) is 26.2 Å². The highest BCUT2D eigenvalue weighted by Gasteiger charge is 2.19. The minimum absolute atomic E-state index is 0.0213. The zero-order valence-corrected chi connectivity index (χ0v) is 10.4. The van der Waals surface area contributed by atoms with Gasteiger partial charge < -0.3 is 4.40 Å². The fourth-order valence-corrected chi connectivity index (χ4v) is 2.09. The molecule has 0 aliphatic heterocycles. The average Bonchev–Trinajstić information content (AvgIpc) is 2.45. The molecule has 2 aromatic heterocycles. The summed E-state index contributed by atoms with van der Waals surface area (Å²) in [6.45, 7) is 6.39. The van der Waals surface area contributed by atoms with E-state index < -0.39 is 0 Å². The van der Waals surface area contributed by atoms with Crippen LogP contribution in [0.15, 0.2) is 18.5 Å². The molecule has 2 rings (SSSR count). The second kappa shape index (κ2) is 3.39. The Labute approximate surface area is 98.8 Å². The van der Waals surface area contributed by atoms with Gasteiger partial charge in [0.25, 0.3) is 0 Å². The Morgan fingerprint density at radius 1 is 1.27 bits per heavy atom. The summed E-state index contributed by atoms with van der Waals surface area (Å²) in [6, 6.07) is 1.71. The lowest BCUT2D eigenvalue weighted by molar-refractivity contribution is 0.563. The Balaban J connectivity index is 2.80. The highest BCUT2D eigenvalue weighted by Crippen LogP contribution is 2.28. The number of nitrogens with zero attached hydrogens (tertiary/aromatic N) is 2. The second-order valence-electron chi connectivity index (χ2n) is 4.59. The van der Waals surface area contributed by atoms with Gasteiger partial charge in [-0.15, -0.1) is 0 Å². The standard InChI is InChI=1S/C11H12Cl2N2/c1-11(2,3)9-5-14-10-8(13)4-7(12)6-15(9)10/h4-6H,1-3H3. The van der Waals surface area contributed by atoms with Crippen LogP contribution in [0, 0.1) is 0 Å². The van der Waals surface area contributed by atoms with Crippen molar-refractivity contribution in [3.05, 3.63) is 34.2 Å². The molecule has 0 unspecified atom stereocenters. The summed E-state index contributed by atoms with van der Waals surface area (Å²) in [7, 11) is 0. The molecular formula is C11H12Cl2N2. The molecule has 0 bridgehead atoms. The molecule has 15 heavy (non-hydrogen) atoms. The number of halogens is 2. The zero-order valence-electron chi connectivity index (χ0n) is 8.88. The van der Waals surface area contributed by atoms with Crippen molar-refractivity contribution in [2.75, 3.05) is 0 Å². The first-order valence-electron chi connectivity index (χ1n) is 4.72. The summed E-state index contributed by atoms with van der Waals surface area (Å²) in [5.74, 6) is 0. The van der Waals surface area contributed by atoms with E-state index >= 15 is 0 Å². The quantitative estimate of drug-likeness (QED) is 0.685.